The van der Waals surface area contributed by atoms with Crippen LogP contribution in [-0.2, 0) is 14.8 Å². The van der Waals surface area contributed by atoms with E-state index >= 15 is 0 Å². The fraction of sp³-hybridized carbons (Fsp3) is 0.188. The quantitative estimate of drug-likeness (QED) is 0.593. The van der Waals surface area contributed by atoms with Crippen LogP contribution < -0.4 is 9.62 Å². The van der Waals surface area contributed by atoms with Crippen LogP contribution in [0.25, 0.3) is 0 Å². The summed E-state index contributed by atoms with van der Waals surface area (Å²) in [6.07, 6.45) is 0.811. The third kappa shape index (κ3) is 4.76. The van der Waals surface area contributed by atoms with Gasteiger partial charge in [0.2, 0.25) is 15.9 Å². The number of nitro benzene ring substituents is 1. The molecule has 0 unspecified atom stereocenters. The predicted molar refractivity (Wildman–Crippen MR) is 94.9 cm³/mol. The zero-order valence-electron chi connectivity index (χ0n) is 14.2. The number of carbonyl (C=O) groups excluding carboxylic acids is 1. The van der Waals surface area contributed by atoms with E-state index in [0.29, 0.717) is 10.4 Å². The normalized spacial score (nSPS) is 12.3. The van der Waals surface area contributed by atoms with Gasteiger partial charge >= 0.3 is 0 Å². The SMILES string of the molecule is C[C@@H](C(=O)Nc1cccc([N+](=O)[O-])c1)N(c1ccc(F)c(F)c1)S(C)(=O)=O. The summed E-state index contributed by atoms with van der Waals surface area (Å²) in [5.41, 5.74) is -0.418. The highest BCUT2D eigenvalue weighted by Crippen LogP contribution is 2.24. The van der Waals surface area contributed by atoms with Crippen molar-refractivity contribution in [3.05, 3.63) is 64.2 Å². The number of carbonyl (C=O) groups is 1. The van der Waals surface area contributed by atoms with Crippen LogP contribution in [0.15, 0.2) is 42.5 Å². The maximum Gasteiger partial charge on any atom is 0.271 e. The maximum absolute atomic E-state index is 13.5. The molecule has 1 N–H and O–H groups in total. The summed E-state index contributed by atoms with van der Waals surface area (Å²) >= 11 is 0. The minimum atomic E-state index is -4.03. The second-order valence-electron chi connectivity index (χ2n) is 5.63. The summed E-state index contributed by atoms with van der Waals surface area (Å²) in [5.74, 6) is -3.25. The first-order chi connectivity index (χ1) is 12.5. The van der Waals surface area contributed by atoms with E-state index in [-0.39, 0.29) is 17.1 Å². The lowest BCUT2D eigenvalue weighted by molar-refractivity contribution is -0.384. The summed E-state index contributed by atoms with van der Waals surface area (Å²) in [4.78, 5) is 22.6. The number of sulfonamides is 1. The van der Waals surface area contributed by atoms with Crippen molar-refractivity contribution < 1.29 is 26.9 Å². The molecule has 0 saturated carbocycles. The molecule has 0 heterocycles. The number of anilines is 2. The molecule has 0 bridgehead atoms. The second kappa shape index (κ2) is 7.66. The van der Waals surface area contributed by atoms with E-state index in [9.17, 15) is 32.1 Å². The van der Waals surface area contributed by atoms with Crippen LogP contribution in [0.2, 0.25) is 0 Å². The van der Waals surface area contributed by atoms with Crippen molar-refractivity contribution in [1.29, 1.82) is 0 Å². The number of rotatable bonds is 6. The van der Waals surface area contributed by atoms with Gasteiger partial charge in [0.25, 0.3) is 5.69 Å². The summed E-state index contributed by atoms with van der Waals surface area (Å²) in [6.45, 7) is 1.25. The Hall–Kier alpha value is -3.08. The van der Waals surface area contributed by atoms with E-state index in [1.54, 1.807) is 0 Å². The summed E-state index contributed by atoms with van der Waals surface area (Å²) in [6, 6.07) is 6.15. The molecule has 0 saturated heterocycles. The summed E-state index contributed by atoms with van der Waals surface area (Å²) in [5, 5.41) is 13.2. The minimum absolute atomic E-state index is 0.0831. The molecule has 2 rings (SSSR count). The van der Waals surface area contributed by atoms with Gasteiger partial charge in [-0.2, -0.15) is 0 Å². The first-order valence-electron chi connectivity index (χ1n) is 7.50. The van der Waals surface area contributed by atoms with Crippen molar-refractivity contribution in [3.63, 3.8) is 0 Å². The van der Waals surface area contributed by atoms with E-state index in [2.05, 4.69) is 5.32 Å². The number of amides is 1. The number of nitrogens with zero attached hydrogens (tertiary/aromatic N) is 2. The van der Waals surface area contributed by atoms with Gasteiger partial charge in [0.15, 0.2) is 11.6 Å². The lowest BCUT2D eigenvalue weighted by atomic mass is 10.2. The van der Waals surface area contributed by atoms with Gasteiger partial charge in [0.05, 0.1) is 16.9 Å². The molecule has 0 aliphatic heterocycles. The van der Waals surface area contributed by atoms with Gasteiger partial charge in [0, 0.05) is 23.9 Å². The second-order valence-corrected chi connectivity index (χ2v) is 7.49. The fourth-order valence-corrected chi connectivity index (χ4v) is 3.54. The lowest BCUT2D eigenvalue weighted by Gasteiger charge is -2.28. The third-order valence-corrected chi connectivity index (χ3v) is 4.81. The minimum Gasteiger partial charge on any atom is -0.324 e. The van der Waals surface area contributed by atoms with Crippen LogP contribution in [0.1, 0.15) is 6.92 Å². The first kappa shape index (κ1) is 20.2. The number of halogens is 2. The van der Waals surface area contributed by atoms with Gasteiger partial charge in [-0.25, -0.2) is 17.2 Å². The van der Waals surface area contributed by atoms with Gasteiger partial charge < -0.3 is 5.32 Å². The smallest absolute Gasteiger partial charge is 0.271 e. The molecule has 1 amide bonds. The molecule has 0 aliphatic carbocycles. The van der Waals surface area contributed by atoms with Crippen molar-refractivity contribution in [2.75, 3.05) is 15.9 Å². The molecule has 27 heavy (non-hydrogen) atoms. The predicted octanol–water partition coefficient (Wildman–Crippen LogP) is 2.67. The van der Waals surface area contributed by atoms with Gasteiger partial charge in [-0.05, 0) is 25.1 Å². The monoisotopic (exact) mass is 399 g/mol. The number of benzene rings is 2. The van der Waals surface area contributed by atoms with Gasteiger partial charge in [-0.15, -0.1) is 0 Å². The van der Waals surface area contributed by atoms with E-state index in [4.69, 9.17) is 0 Å². The van der Waals surface area contributed by atoms with Gasteiger partial charge in [-0.1, -0.05) is 6.07 Å². The standard InChI is InChI=1S/C16H15F2N3O5S/c1-10(16(22)19-11-4-3-5-13(8-11)21(23)24)20(27(2,25)26)12-6-7-14(17)15(18)9-12/h3-10H,1-2H3,(H,19,22)/t10-/m0/s1. The van der Waals surface area contributed by atoms with Crippen molar-refractivity contribution >= 4 is 33.0 Å². The molecule has 0 fully saturated rings. The van der Waals surface area contributed by atoms with Crippen molar-refractivity contribution in [2.24, 2.45) is 0 Å². The Bertz CT molecular complexity index is 997. The summed E-state index contributed by atoms with van der Waals surface area (Å²) < 4.78 is 51.5. The fourth-order valence-electron chi connectivity index (χ4n) is 2.37. The van der Waals surface area contributed by atoms with Crippen molar-refractivity contribution in [2.45, 2.75) is 13.0 Å². The number of nitrogens with one attached hydrogen (secondary N) is 1. The van der Waals surface area contributed by atoms with Crippen LogP contribution in [0.4, 0.5) is 25.8 Å². The van der Waals surface area contributed by atoms with Crippen LogP contribution >= 0.6 is 0 Å². The van der Waals surface area contributed by atoms with E-state index in [1.165, 1.54) is 25.1 Å². The molecule has 0 radical (unpaired) electrons. The van der Waals surface area contributed by atoms with Crippen molar-refractivity contribution in [1.82, 2.24) is 0 Å². The topological polar surface area (TPSA) is 110 Å². The molecule has 2 aromatic rings. The maximum atomic E-state index is 13.5. The third-order valence-electron chi connectivity index (χ3n) is 3.57. The highest BCUT2D eigenvalue weighted by atomic mass is 32.2. The molecule has 144 valence electrons. The number of nitro groups is 1. The Labute approximate surface area is 153 Å². The van der Waals surface area contributed by atoms with Gasteiger partial charge in [0.1, 0.15) is 6.04 Å². The zero-order chi connectivity index (χ0) is 20.4. The van der Waals surface area contributed by atoms with Crippen LogP contribution in [-0.4, -0.2) is 31.5 Å². The highest BCUT2D eigenvalue weighted by Gasteiger charge is 2.30. The molecule has 0 aliphatic rings. The van der Waals surface area contributed by atoms with E-state index in [0.717, 1.165) is 24.5 Å². The van der Waals surface area contributed by atoms with Crippen LogP contribution in [0.5, 0.6) is 0 Å². The Morgan fingerprint density at radius 2 is 1.85 bits per heavy atom. The molecule has 8 nitrogen and oxygen atoms in total. The van der Waals surface area contributed by atoms with E-state index in [1.807, 2.05) is 0 Å². The lowest BCUT2D eigenvalue weighted by Crippen LogP contribution is -2.45. The largest absolute Gasteiger partial charge is 0.324 e. The molecular weight excluding hydrogens is 384 g/mol. The number of hydrogen-bond acceptors (Lipinski definition) is 5. The molecule has 1 atom stereocenters. The molecule has 0 spiro atoms. The summed E-state index contributed by atoms with van der Waals surface area (Å²) in [7, 11) is -4.03. The average molecular weight is 399 g/mol. The van der Waals surface area contributed by atoms with Crippen LogP contribution in [0.3, 0.4) is 0 Å². The zero-order valence-corrected chi connectivity index (χ0v) is 15.0. The highest BCUT2D eigenvalue weighted by molar-refractivity contribution is 7.92. The first-order valence-corrected chi connectivity index (χ1v) is 9.35. The number of non-ortho nitro benzene ring substituents is 1. The Kier molecular flexibility index (Phi) is 5.74. The molecular formula is C16H15F2N3O5S. The average Bonchev–Trinajstić information content (AvgIpc) is 2.57. The Morgan fingerprint density at radius 1 is 1.19 bits per heavy atom. The Morgan fingerprint density at radius 3 is 2.41 bits per heavy atom. The van der Waals surface area contributed by atoms with Gasteiger partial charge in [-0.3, -0.25) is 19.2 Å². The molecule has 2 aromatic carbocycles. The van der Waals surface area contributed by atoms with Crippen LogP contribution in [0, 0.1) is 21.7 Å². The van der Waals surface area contributed by atoms with Crippen molar-refractivity contribution in [3.8, 4) is 0 Å². The molecule has 0 aromatic heterocycles. The number of hydrogen-bond donors (Lipinski definition) is 1. The molecule has 11 heteroatoms. The Balaban J connectivity index is 2.33. The van der Waals surface area contributed by atoms with E-state index < -0.39 is 38.5 Å².